The number of aliphatic hydroxyl groups is 1. The van der Waals surface area contributed by atoms with E-state index in [1.807, 2.05) is 11.8 Å². The zero-order valence-corrected chi connectivity index (χ0v) is 11.1. The lowest BCUT2D eigenvalue weighted by molar-refractivity contribution is 0.0155. The van der Waals surface area contributed by atoms with Gasteiger partial charge in [0.05, 0.1) is 6.10 Å². The minimum Gasteiger partial charge on any atom is -0.391 e. The molecule has 0 spiro atoms. The monoisotopic (exact) mass is 231 g/mol. The molecule has 0 bridgehead atoms. The number of aliphatic hydroxyl groups excluding tert-OH is 1. The van der Waals surface area contributed by atoms with Crippen molar-refractivity contribution in [2.45, 2.75) is 57.2 Å². The molecule has 0 aromatic heterocycles. The van der Waals surface area contributed by atoms with E-state index in [4.69, 9.17) is 0 Å². The summed E-state index contributed by atoms with van der Waals surface area (Å²) >= 11 is 1.91. The molecule has 3 unspecified atom stereocenters. The van der Waals surface area contributed by atoms with Gasteiger partial charge in [-0.15, -0.1) is 0 Å². The predicted octanol–water partition coefficient (Wildman–Crippen LogP) is 2.36. The standard InChI is InChI=1S/C12H25NOS/c1-10(8-9-15-3)13(2)11-6-4-5-7-12(11)14/h10-12,14H,4-9H2,1-3H3. The molecule has 0 heterocycles. The van der Waals surface area contributed by atoms with Gasteiger partial charge in [-0.2, -0.15) is 11.8 Å². The van der Waals surface area contributed by atoms with Crippen LogP contribution in [0.25, 0.3) is 0 Å². The van der Waals surface area contributed by atoms with Gasteiger partial charge in [-0.05, 0) is 45.2 Å². The van der Waals surface area contributed by atoms with Crippen LogP contribution in [-0.2, 0) is 0 Å². The van der Waals surface area contributed by atoms with Crippen LogP contribution in [0.5, 0.6) is 0 Å². The van der Waals surface area contributed by atoms with Gasteiger partial charge < -0.3 is 5.11 Å². The Labute approximate surface area is 98.4 Å². The van der Waals surface area contributed by atoms with Gasteiger partial charge in [-0.1, -0.05) is 12.8 Å². The van der Waals surface area contributed by atoms with Crippen molar-refractivity contribution < 1.29 is 5.11 Å². The molecule has 90 valence electrons. The summed E-state index contributed by atoms with van der Waals surface area (Å²) in [4.78, 5) is 2.39. The maximum atomic E-state index is 9.97. The zero-order valence-electron chi connectivity index (χ0n) is 10.3. The summed E-state index contributed by atoms with van der Waals surface area (Å²) in [6, 6.07) is 0.991. The van der Waals surface area contributed by atoms with Crippen LogP contribution in [0.4, 0.5) is 0 Å². The van der Waals surface area contributed by atoms with Crippen LogP contribution in [0.1, 0.15) is 39.0 Å². The van der Waals surface area contributed by atoms with Gasteiger partial charge in [0.1, 0.15) is 0 Å². The third-order valence-electron chi connectivity index (χ3n) is 3.65. The lowest BCUT2D eigenvalue weighted by atomic mass is 9.91. The molecule has 1 rings (SSSR count). The first-order chi connectivity index (χ1) is 7.16. The second-order valence-electron chi connectivity index (χ2n) is 4.72. The number of likely N-dealkylation sites (N-methyl/N-ethyl adjacent to an activating group) is 1. The molecule has 3 heteroatoms. The fourth-order valence-corrected chi connectivity index (χ4v) is 2.96. The molecule has 1 N–H and O–H groups in total. The molecule has 1 fully saturated rings. The van der Waals surface area contributed by atoms with E-state index >= 15 is 0 Å². The van der Waals surface area contributed by atoms with Gasteiger partial charge in [0, 0.05) is 12.1 Å². The van der Waals surface area contributed by atoms with Crippen LogP contribution in [0.15, 0.2) is 0 Å². The molecule has 15 heavy (non-hydrogen) atoms. The van der Waals surface area contributed by atoms with Crippen molar-refractivity contribution in [1.82, 2.24) is 4.90 Å². The Morgan fingerprint density at radius 2 is 2.07 bits per heavy atom. The predicted molar refractivity (Wildman–Crippen MR) is 68.5 cm³/mol. The van der Waals surface area contributed by atoms with E-state index in [2.05, 4.69) is 25.1 Å². The normalized spacial score (nSPS) is 29.4. The molecule has 0 aliphatic heterocycles. The molecule has 0 aromatic carbocycles. The molecule has 3 atom stereocenters. The number of thioether (sulfide) groups is 1. The molecular formula is C12H25NOS. The molecule has 1 aliphatic rings. The maximum absolute atomic E-state index is 9.97. The second kappa shape index (κ2) is 6.77. The van der Waals surface area contributed by atoms with E-state index in [0.29, 0.717) is 12.1 Å². The highest BCUT2D eigenvalue weighted by molar-refractivity contribution is 7.98. The molecule has 1 saturated carbocycles. The van der Waals surface area contributed by atoms with E-state index in [9.17, 15) is 5.11 Å². The Morgan fingerprint density at radius 1 is 1.40 bits per heavy atom. The fraction of sp³-hybridized carbons (Fsp3) is 1.00. The van der Waals surface area contributed by atoms with Crippen LogP contribution in [0, 0.1) is 0 Å². The van der Waals surface area contributed by atoms with E-state index in [-0.39, 0.29) is 6.10 Å². The lowest BCUT2D eigenvalue weighted by Crippen LogP contribution is -2.47. The second-order valence-corrected chi connectivity index (χ2v) is 5.70. The van der Waals surface area contributed by atoms with E-state index in [1.165, 1.54) is 31.4 Å². The van der Waals surface area contributed by atoms with Gasteiger partial charge in [-0.25, -0.2) is 0 Å². The molecule has 0 aromatic rings. The van der Waals surface area contributed by atoms with Crippen molar-refractivity contribution in [3.05, 3.63) is 0 Å². The summed E-state index contributed by atoms with van der Waals surface area (Å²) in [5.41, 5.74) is 0. The zero-order chi connectivity index (χ0) is 11.3. The number of nitrogens with zero attached hydrogens (tertiary/aromatic N) is 1. The molecule has 0 amide bonds. The van der Waals surface area contributed by atoms with Gasteiger partial charge in [0.25, 0.3) is 0 Å². The van der Waals surface area contributed by atoms with Crippen LogP contribution < -0.4 is 0 Å². The highest BCUT2D eigenvalue weighted by atomic mass is 32.2. The maximum Gasteiger partial charge on any atom is 0.0695 e. The molecule has 0 radical (unpaired) electrons. The summed E-state index contributed by atoms with van der Waals surface area (Å²) in [5.74, 6) is 1.22. The van der Waals surface area contributed by atoms with Crippen molar-refractivity contribution in [1.29, 1.82) is 0 Å². The Kier molecular flexibility index (Phi) is 6.02. The SMILES string of the molecule is CSCCC(C)N(C)C1CCCCC1O. The molecule has 1 aliphatic carbocycles. The average Bonchev–Trinajstić information content (AvgIpc) is 2.25. The van der Waals surface area contributed by atoms with Crippen molar-refractivity contribution in [2.24, 2.45) is 0 Å². The quantitative estimate of drug-likeness (QED) is 0.786. The first-order valence-electron chi connectivity index (χ1n) is 6.05. The number of hydrogen-bond donors (Lipinski definition) is 1. The lowest BCUT2D eigenvalue weighted by Gasteiger charge is -2.38. The first kappa shape index (κ1) is 13.3. The van der Waals surface area contributed by atoms with E-state index in [1.54, 1.807) is 0 Å². The largest absolute Gasteiger partial charge is 0.391 e. The fourth-order valence-electron chi connectivity index (χ4n) is 2.39. The Balaban J connectivity index is 2.39. The van der Waals surface area contributed by atoms with Crippen molar-refractivity contribution >= 4 is 11.8 Å². The van der Waals surface area contributed by atoms with Gasteiger partial charge in [0.2, 0.25) is 0 Å². The highest BCUT2D eigenvalue weighted by Crippen LogP contribution is 2.24. The summed E-state index contributed by atoms with van der Waals surface area (Å²) in [5, 5.41) is 9.97. The summed E-state index contributed by atoms with van der Waals surface area (Å²) < 4.78 is 0. The summed E-state index contributed by atoms with van der Waals surface area (Å²) in [6.45, 7) is 2.28. The van der Waals surface area contributed by atoms with Crippen LogP contribution in [-0.4, -0.2) is 47.3 Å². The average molecular weight is 231 g/mol. The topological polar surface area (TPSA) is 23.5 Å². The van der Waals surface area contributed by atoms with Crippen molar-refractivity contribution in [2.75, 3.05) is 19.1 Å². The van der Waals surface area contributed by atoms with E-state index in [0.717, 1.165) is 6.42 Å². The van der Waals surface area contributed by atoms with Gasteiger partial charge in [-0.3, -0.25) is 4.90 Å². The van der Waals surface area contributed by atoms with Gasteiger partial charge in [0.15, 0.2) is 0 Å². The Hall–Kier alpha value is 0.270. The first-order valence-corrected chi connectivity index (χ1v) is 7.45. The van der Waals surface area contributed by atoms with Gasteiger partial charge >= 0.3 is 0 Å². The van der Waals surface area contributed by atoms with Crippen molar-refractivity contribution in [3.63, 3.8) is 0 Å². The van der Waals surface area contributed by atoms with Crippen molar-refractivity contribution in [3.8, 4) is 0 Å². The minimum absolute atomic E-state index is 0.0968. The Morgan fingerprint density at radius 3 is 2.67 bits per heavy atom. The third kappa shape index (κ3) is 3.97. The third-order valence-corrected chi connectivity index (χ3v) is 4.30. The minimum atomic E-state index is -0.0968. The molecule has 0 saturated heterocycles. The highest BCUT2D eigenvalue weighted by Gasteiger charge is 2.28. The van der Waals surface area contributed by atoms with Crippen LogP contribution in [0.3, 0.4) is 0 Å². The van der Waals surface area contributed by atoms with E-state index < -0.39 is 0 Å². The smallest absolute Gasteiger partial charge is 0.0695 e. The number of rotatable bonds is 5. The summed E-state index contributed by atoms with van der Waals surface area (Å²) in [6.07, 6.45) is 7.92. The Bertz CT molecular complexity index is 177. The summed E-state index contributed by atoms with van der Waals surface area (Å²) in [7, 11) is 2.17. The van der Waals surface area contributed by atoms with Crippen LogP contribution in [0.2, 0.25) is 0 Å². The molecular weight excluding hydrogens is 206 g/mol. The number of hydrogen-bond acceptors (Lipinski definition) is 3. The molecule has 2 nitrogen and oxygen atoms in total. The van der Waals surface area contributed by atoms with Crippen LogP contribution >= 0.6 is 11.8 Å².